The van der Waals surface area contributed by atoms with Gasteiger partial charge in [-0.05, 0) is 36.8 Å². The van der Waals surface area contributed by atoms with Crippen LogP contribution in [-0.4, -0.2) is 35.4 Å². The van der Waals surface area contributed by atoms with Gasteiger partial charge in [-0.25, -0.2) is 4.98 Å². The second-order valence-electron chi connectivity index (χ2n) is 7.39. The number of halogens is 3. The topological polar surface area (TPSA) is 58.1 Å². The number of benzene rings is 1. The van der Waals surface area contributed by atoms with E-state index >= 15 is 0 Å². The molecule has 5 nitrogen and oxygen atoms in total. The molecule has 4 rings (SSSR count). The van der Waals surface area contributed by atoms with Crippen LogP contribution in [0.2, 0.25) is 0 Å². The van der Waals surface area contributed by atoms with E-state index in [0.29, 0.717) is 31.1 Å². The first-order chi connectivity index (χ1) is 14.8. The summed E-state index contributed by atoms with van der Waals surface area (Å²) in [6.45, 7) is 3.33. The Balaban J connectivity index is 1.70. The maximum Gasteiger partial charge on any atom is 0.418 e. The number of nitrogens with zero attached hydrogens (tertiary/aromatic N) is 3. The second-order valence-corrected chi connectivity index (χ2v) is 7.39. The fourth-order valence-electron chi connectivity index (χ4n) is 3.75. The lowest BCUT2D eigenvalue weighted by atomic mass is 10.0. The molecule has 31 heavy (non-hydrogen) atoms. The fourth-order valence-corrected chi connectivity index (χ4v) is 3.75. The van der Waals surface area contributed by atoms with Crippen molar-refractivity contribution in [2.75, 3.05) is 24.5 Å². The van der Waals surface area contributed by atoms with Gasteiger partial charge in [0.1, 0.15) is 11.5 Å². The van der Waals surface area contributed by atoms with E-state index < -0.39 is 23.2 Å². The number of hydrogen-bond acceptors (Lipinski definition) is 5. The largest absolute Gasteiger partial charge is 0.418 e. The summed E-state index contributed by atoms with van der Waals surface area (Å²) in [4.78, 5) is 23.2. The molecule has 1 fully saturated rings. The maximum absolute atomic E-state index is 13.7. The molecule has 3 aromatic rings. The van der Waals surface area contributed by atoms with Crippen LogP contribution in [0.25, 0.3) is 0 Å². The van der Waals surface area contributed by atoms with Crippen LogP contribution in [0.5, 0.6) is 0 Å². The molecule has 0 aliphatic carbocycles. The lowest BCUT2D eigenvalue weighted by molar-refractivity contribution is -0.138. The Hall–Kier alpha value is -3.26. The van der Waals surface area contributed by atoms with Crippen LogP contribution in [0.4, 0.5) is 19.0 Å². The standard InChI is InChI=1S/C23H21F3N4O/c1-15-17(8-5-11-27-15)22(31)21-18(23(24,25)26)9-10-20(29-21)30-13-12-28-19(14-30)16-6-3-2-4-7-16/h2-11,19,28H,12-14H2,1H3/t19-/m1/s1. The summed E-state index contributed by atoms with van der Waals surface area (Å²) in [5.41, 5.74) is -0.0872. The van der Waals surface area contributed by atoms with E-state index in [4.69, 9.17) is 0 Å². The molecule has 0 bridgehead atoms. The average molecular weight is 426 g/mol. The molecule has 8 heteroatoms. The van der Waals surface area contributed by atoms with Crippen molar-refractivity contribution in [3.8, 4) is 0 Å². The van der Waals surface area contributed by atoms with Gasteiger partial charge in [0.15, 0.2) is 0 Å². The smallest absolute Gasteiger partial charge is 0.353 e. The van der Waals surface area contributed by atoms with Gasteiger partial charge in [-0.1, -0.05) is 30.3 Å². The van der Waals surface area contributed by atoms with Crippen LogP contribution in [-0.2, 0) is 6.18 Å². The highest BCUT2D eigenvalue weighted by atomic mass is 19.4. The third-order valence-corrected chi connectivity index (χ3v) is 5.35. The number of carbonyl (C=O) groups excluding carboxylic acids is 1. The number of pyridine rings is 2. The van der Waals surface area contributed by atoms with Crippen molar-refractivity contribution < 1.29 is 18.0 Å². The van der Waals surface area contributed by atoms with Gasteiger partial charge >= 0.3 is 6.18 Å². The lowest BCUT2D eigenvalue weighted by Gasteiger charge is -2.35. The van der Waals surface area contributed by atoms with Gasteiger partial charge < -0.3 is 10.2 Å². The minimum Gasteiger partial charge on any atom is -0.353 e. The highest BCUT2D eigenvalue weighted by Gasteiger charge is 2.37. The molecule has 160 valence electrons. The number of piperazine rings is 1. The Morgan fingerprint density at radius 3 is 2.58 bits per heavy atom. The first kappa shape index (κ1) is 21.0. The number of ketones is 1. The summed E-state index contributed by atoms with van der Waals surface area (Å²) in [7, 11) is 0. The molecule has 0 saturated carbocycles. The van der Waals surface area contributed by atoms with Crippen LogP contribution in [0.1, 0.15) is 38.9 Å². The van der Waals surface area contributed by atoms with Crippen molar-refractivity contribution in [1.29, 1.82) is 0 Å². The number of anilines is 1. The van der Waals surface area contributed by atoms with Gasteiger partial charge in [0.25, 0.3) is 0 Å². The number of rotatable bonds is 4. The fraction of sp³-hybridized carbons (Fsp3) is 0.261. The van der Waals surface area contributed by atoms with Crippen molar-refractivity contribution >= 4 is 11.6 Å². The summed E-state index contributed by atoms with van der Waals surface area (Å²) in [6, 6.07) is 15.1. The molecule has 1 saturated heterocycles. The van der Waals surface area contributed by atoms with Crippen molar-refractivity contribution in [3.05, 3.63) is 88.9 Å². The number of aryl methyl sites for hydroxylation is 1. The molecule has 1 aliphatic rings. The maximum atomic E-state index is 13.7. The van der Waals surface area contributed by atoms with Crippen molar-refractivity contribution in [3.63, 3.8) is 0 Å². The van der Waals surface area contributed by atoms with Gasteiger partial charge in [0.2, 0.25) is 5.78 Å². The third kappa shape index (κ3) is 4.44. The summed E-state index contributed by atoms with van der Waals surface area (Å²) in [6.07, 6.45) is -3.20. The highest BCUT2D eigenvalue weighted by Crippen LogP contribution is 2.34. The zero-order valence-electron chi connectivity index (χ0n) is 16.9. The van der Waals surface area contributed by atoms with E-state index in [0.717, 1.165) is 11.6 Å². The molecule has 1 aliphatic heterocycles. The van der Waals surface area contributed by atoms with Crippen LogP contribution in [0, 0.1) is 6.92 Å². The Morgan fingerprint density at radius 1 is 1.10 bits per heavy atom. The van der Waals surface area contributed by atoms with Crippen molar-refractivity contribution in [2.24, 2.45) is 0 Å². The summed E-state index contributed by atoms with van der Waals surface area (Å²) in [5, 5.41) is 3.42. The van der Waals surface area contributed by atoms with E-state index in [1.54, 1.807) is 6.92 Å². The molecule has 0 amide bonds. The van der Waals surface area contributed by atoms with Crippen LogP contribution in [0.15, 0.2) is 60.8 Å². The lowest BCUT2D eigenvalue weighted by Crippen LogP contribution is -2.46. The number of alkyl halides is 3. The molecule has 0 radical (unpaired) electrons. The van der Waals surface area contributed by atoms with E-state index in [9.17, 15) is 18.0 Å². The average Bonchev–Trinajstić information content (AvgIpc) is 2.78. The highest BCUT2D eigenvalue weighted by molar-refractivity contribution is 6.09. The van der Waals surface area contributed by atoms with E-state index in [1.807, 2.05) is 35.2 Å². The molecule has 0 unspecified atom stereocenters. The minimum atomic E-state index is -4.69. The van der Waals surface area contributed by atoms with Gasteiger partial charge in [0, 0.05) is 43.1 Å². The molecule has 1 N–H and O–H groups in total. The van der Waals surface area contributed by atoms with Crippen molar-refractivity contribution in [1.82, 2.24) is 15.3 Å². The monoisotopic (exact) mass is 426 g/mol. The minimum absolute atomic E-state index is 0.0127. The van der Waals surface area contributed by atoms with Crippen molar-refractivity contribution in [2.45, 2.75) is 19.1 Å². The molecular weight excluding hydrogens is 405 g/mol. The van der Waals surface area contributed by atoms with Gasteiger partial charge in [-0.3, -0.25) is 9.78 Å². The Bertz CT molecular complexity index is 1090. The SMILES string of the molecule is Cc1ncccc1C(=O)c1nc(N2CCN[C@@H](c3ccccc3)C2)ccc1C(F)(F)F. The third-order valence-electron chi connectivity index (χ3n) is 5.35. The van der Waals surface area contributed by atoms with Crippen LogP contribution < -0.4 is 10.2 Å². The van der Waals surface area contributed by atoms with Gasteiger partial charge in [0.05, 0.1) is 5.56 Å². The van der Waals surface area contributed by atoms with E-state index in [2.05, 4.69) is 15.3 Å². The number of carbonyl (C=O) groups is 1. The second kappa shape index (κ2) is 8.47. The molecule has 0 spiro atoms. The summed E-state index contributed by atoms with van der Waals surface area (Å²) < 4.78 is 41.0. The molecular formula is C23H21F3N4O. The van der Waals surface area contributed by atoms with Crippen LogP contribution >= 0.6 is 0 Å². The number of aromatic nitrogens is 2. The van der Waals surface area contributed by atoms with Crippen LogP contribution in [0.3, 0.4) is 0 Å². The van der Waals surface area contributed by atoms with E-state index in [1.165, 1.54) is 24.4 Å². The van der Waals surface area contributed by atoms with Gasteiger partial charge in [-0.15, -0.1) is 0 Å². The predicted octanol–water partition coefficient (Wildman–Crippen LogP) is 4.19. The Morgan fingerprint density at radius 2 is 1.87 bits per heavy atom. The molecule has 1 atom stereocenters. The summed E-state index contributed by atoms with van der Waals surface area (Å²) in [5.74, 6) is -0.435. The quantitative estimate of drug-likeness (QED) is 0.634. The molecule has 2 aromatic heterocycles. The normalized spacial score (nSPS) is 16.9. The Labute approximate surface area is 178 Å². The zero-order valence-corrected chi connectivity index (χ0v) is 16.9. The summed E-state index contributed by atoms with van der Waals surface area (Å²) >= 11 is 0. The predicted molar refractivity (Wildman–Crippen MR) is 111 cm³/mol. The first-order valence-electron chi connectivity index (χ1n) is 9.92. The first-order valence-corrected chi connectivity index (χ1v) is 9.92. The Kier molecular flexibility index (Phi) is 5.73. The number of nitrogens with one attached hydrogen (secondary N) is 1. The molecule has 3 heterocycles. The van der Waals surface area contributed by atoms with E-state index in [-0.39, 0.29) is 11.6 Å². The molecule has 1 aromatic carbocycles. The zero-order chi connectivity index (χ0) is 22.0. The van der Waals surface area contributed by atoms with Gasteiger partial charge in [-0.2, -0.15) is 13.2 Å². The number of hydrogen-bond donors (Lipinski definition) is 1.